The second kappa shape index (κ2) is 5.70. The molecule has 1 unspecified atom stereocenters. The van der Waals surface area contributed by atoms with Gasteiger partial charge in [-0.2, -0.15) is 0 Å². The van der Waals surface area contributed by atoms with Crippen molar-refractivity contribution in [3.05, 3.63) is 29.8 Å². The summed E-state index contributed by atoms with van der Waals surface area (Å²) in [4.78, 5) is 3.73. The third kappa shape index (κ3) is 3.07. The smallest absolute Gasteiger partial charge is 0.144 e. The van der Waals surface area contributed by atoms with Gasteiger partial charge in [-0.25, -0.2) is 4.39 Å². The minimum Gasteiger partial charge on any atom is -0.317 e. The van der Waals surface area contributed by atoms with Crippen molar-refractivity contribution in [3.8, 4) is 0 Å². The number of rotatable bonds is 5. The van der Waals surface area contributed by atoms with E-state index in [9.17, 15) is 4.39 Å². The van der Waals surface area contributed by atoms with Crippen LogP contribution in [0.3, 0.4) is 0 Å². The molecule has 1 atom stereocenters. The molecule has 1 aromatic rings. The minimum absolute atomic E-state index is 0.198. The molecule has 0 radical (unpaired) electrons. The van der Waals surface area contributed by atoms with Crippen molar-refractivity contribution in [2.45, 2.75) is 26.2 Å². The van der Waals surface area contributed by atoms with Gasteiger partial charge in [0.1, 0.15) is 5.82 Å². The van der Waals surface area contributed by atoms with Gasteiger partial charge in [-0.3, -0.25) is 4.98 Å². The molecule has 0 saturated heterocycles. The van der Waals surface area contributed by atoms with E-state index >= 15 is 0 Å². The monoisotopic (exact) mass is 196 g/mol. The van der Waals surface area contributed by atoms with Crippen LogP contribution in [0.25, 0.3) is 0 Å². The van der Waals surface area contributed by atoms with Gasteiger partial charge >= 0.3 is 0 Å². The van der Waals surface area contributed by atoms with E-state index in [0.29, 0.717) is 0 Å². The van der Waals surface area contributed by atoms with Crippen LogP contribution in [-0.2, 0) is 0 Å². The topological polar surface area (TPSA) is 24.9 Å². The summed E-state index contributed by atoms with van der Waals surface area (Å²) in [6.45, 7) is 6.00. The summed E-state index contributed by atoms with van der Waals surface area (Å²) >= 11 is 0. The van der Waals surface area contributed by atoms with Crippen molar-refractivity contribution in [3.63, 3.8) is 0 Å². The molecule has 1 N–H and O–H groups in total. The van der Waals surface area contributed by atoms with E-state index in [1.54, 1.807) is 12.3 Å². The van der Waals surface area contributed by atoms with Crippen molar-refractivity contribution in [2.24, 2.45) is 0 Å². The van der Waals surface area contributed by atoms with Crippen LogP contribution in [0, 0.1) is 5.82 Å². The van der Waals surface area contributed by atoms with Gasteiger partial charge in [0.2, 0.25) is 0 Å². The van der Waals surface area contributed by atoms with Gasteiger partial charge in [0.15, 0.2) is 0 Å². The fourth-order valence-electron chi connectivity index (χ4n) is 1.44. The largest absolute Gasteiger partial charge is 0.317 e. The zero-order valence-electron chi connectivity index (χ0n) is 8.76. The predicted octanol–water partition coefficient (Wildman–Crippen LogP) is 2.32. The molecule has 0 aliphatic heterocycles. The summed E-state index contributed by atoms with van der Waals surface area (Å²) in [5, 5.41) is 3.23. The second-order valence-corrected chi connectivity index (χ2v) is 3.44. The van der Waals surface area contributed by atoms with Crippen molar-refractivity contribution < 1.29 is 4.39 Å². The highest BCUT2D eigenvalue weighted by Crippen LogP contribution is 2.20. The molecule has 14 heavy (non-hydrogen) atoms. The summed E-state index contributed by atoms with van der Waals surface area (Å²) < 4.78 is 13.3. The molecule has 0 aliphatic carbocycles. The standard InChI is InChI=1S/C11H17FN2/c1-3-13-6-4-9(2)10-5-7-14-8-11(10)12/h5,7-9,13H,3-4,6H2,1-2H3. The highest BCUT2D eigenvalue weighted by atomic mass is 19.1. The van der Waals surface area contributed by atoms with Crippen molar-refractivity contribution in [1.29, 1.82) is 0 Å². The average molecular weight is 196 g/mol. The van der Waals surface area contributed by atoms with E-state index in [4.69, 9.17) is 0 Å². The molecule has 1 heterocycles. The van der Waals surface area contributed by atoms with E-state index in [1.165, 1.54) is 6.20 Å². The Hall–Kier alpha value is -0.960. The Balaban J connectivity index is 2.51. The molecule has 1 aromatic heterocycles. The van der Waals surface area contributed by atoms with Crippen LogP contribution < -0.4 is 5.32 Å². The fourth-order valence-corrected chi connectivity index (χ4v) is 1.44. The second-order valence-electron chi connectivity index (χ2n) is 3.44. The molecule has 2 nitrogen and oxygen atoms in total. The van der Waals surface area contributed by atoms with Crippen LogP contribution >= 0.6 is 0 Å². The normalized spacial score (nSPS) is 12.8. The molecule has 0 bridgehead atoms. The van der Waals surface area contributed by atoms with Gasteiger partial charge in [-0.1, -0.05) is 13.8 Å². The van der Waals surface area contributed by atoms with Gasteiger partial charge < -0.3 is 5.32 Å². The average Bonchev–Trinajstić information content (AvgIpc) is 2.18. The van der Waals surface area contributed by atoms with Gasteiger partial charge in [0, 0.05) is 6.20 Å². The lowest BCUT2D eigenvalue weighted by Gasteiger charge is -2.12. The lowest BCUT2D eigenvalue weighted by atomic mass is 9.98. The molecule has 78 valence electrons. The van der Waals surface area contributed by atoms with Gasteiger partial charge in [-0.05, 0) is 37.1 Å². The lowest BCUT2D eigenvalue weighted by molar-refractivity contribution is 0.553. The van der Waals surface area contributed by atoms with E-state index in [0.717, 1.165) is 25.1 Å². The maximum absolute atomic E-state index is 13.3. The number of pyridine rings is 1. The Morgan fingerprint density at radius 3 is 3.00 bits per heavy atom. The first-order chi connectivity index (χ1) is 6.75. The Labute approximate surface area is 84.6 Å². The first kappa shape index (κ1) is 11.1. The molecular formula is C11H17FN2. The molecule has 0 amide bonds. The van der Waals surface area contributed by atoms with Crippen LogP contribution in [0.2, 0.25) is 0 Å². The zero-order chi connectivity index (χ0) is 10.4. The Bertz CT molecular complexity index is 276. The number of nitrogens with zero attached hydrogens (tertiary/aromatic N) is 1. The molecule has 1 rings (SSSR count). The summed E-state index contributed by atoms with van der Waals surface area (Å²) in [5.74, 6) is 0.0496. The molecule has 0 aromatic carbocycles. The predicted molar refractivity (Wildman–Crippen MR) is 55.8 cm³/mol. The molecular weight excluding hydrogens is 179 g/mol. The van der Waals surface area contributed by atoms with Crippen molar-refractivity contribution >= 4 is 0 Å². The first-order valence-electron chi connectivity index (χ1n) is 5.05. The third-order valence-electron chi connectivity index (χ3n) is 2.34. The van der Waals surface area contributed by atoms with Gasteiger partial charge in [0.25, 0.3) is 0 Å². The molecule has 0 aliphatic rings. The SMILES string of the molecule is CCNCCC(C)c1ccncc1F. The van der Waals surface area contributed by atoms with Gasteiger partial charge in [-0.15, -0.1) is 0 Å². The van der Waals surface area contributed by atoms with Crippen LogP contribution in [0.4, 0.5) is 4.39 Å². The Morgan fingerprint density at radius 1 is 1.57 bits per heavy atom. The van der Waals surface area contributed by atoms with Crippen LogP contribution in [0.15, 0.2) is 18.5 Å². The maximum atomic E-state index is 13.3. The molecule has 0 spiro atoms. The molecule has 0 saturated carbocycles. The third-order valence-corrected chi connectivity index (χ3v) is 2.34. The van der Waals surface area contributed by atoms with Crippen LogP contribution in [0.1, 0.15) is 31.7 Å². The number of halogens is 1. The zero-order valence-corrected chi connectivity index (χ0v) is 8.76. The van der Waals surface area contributed by atoms with Crippen LogP contribution in [0.5, 0.6) is 0 Å². The number of hydrogen-bond acceptors (Lipinski definition) is 2. The molecule has 3 heteroatoms. The van der Waals surface area contributed by atoms with Gasteiger partial charge in [0.05, 0.1) is 6.20 Å². The molecule has 0 fully saturated rings. The highest BCUT2D eigenvalue weighted by Gasteiger charge is 2.09. The fraction of sp³-hybridized carbons (Fsp3) is 0.545. The minimum atomic E-state index is -0.198. The maximum Gasteiger partial charge on any atom is 0.144 e. The van der Waals surface area contributed by atoms with E-state index in [-0.39, 0.29) is 11.7 Å². The number of nitrogens with one attached hydrogen (secondary N) is 1. The van der Waals surface area contributed by atoms with E-state index in [1.807, 2.05) is 6.92 Å². The van der Waals surface area contributed by atoms with Crippen molar-refractivity contribution in [1.82, 2.24) is 10.3 Å². The number of hydrogen-bond donors (Lipinski definition) is 1. The summed E-state index contributed by atoms with van der Waals surface area (Å²) in [6.07, 6.45) is 3.87. The van der Waals surface area contributed by atoms with E-state index in [2.05, 4.69) is 17.2 Å². The van der Waals surface area contributed by atoms with E-state index < -0.39 is 0 Å². The number of aromatic nitrogens is 1. The van der Waals surface area contributed by atoms with Crippen LogP contribution in [-0.4, -0.2) is 18.1 Å². The first-order valence-corrected chi connectivity index (χ1v) is 5.05. The summed E-state index contributed by atoms with van der Waals surface area (Å²) in [5.41, 5.74) is 0.762. The Morgan fingerprint density at radius 2 is 2.36 bits per heavy atom. The highest BCUT2D eigenvalue weighted by molar-refractivity contribution is 5.17. The summed E-state index contributed by atoms with van der Waals surface area (Å²) in [7, 11) is 0. The Kier molecular flexibility index (Phi) is 4.53. The van der Waals surface area contributed by atoms with Crippen molar-refractivity contribution in [2.75, 3.05) is 13.1 Å². The quantitative estimate of drug-likeness (QED) is 0.731. The summed E-state index contributed by atoms with van der Waals surface area (Å²) in [6, 6.07) is 1.76. The lowest BCUT2D eigenvalue weighted by Crippen LogP contribution is -2.16.